The Hall–Kier alpha value is -1.08. The van der Waals surface area contributed by atoms with Crippen LogP contribution in [-0.4, -0.2) is 35.7 Å². The largest absolute Gasteiger partial charge is 0.477 e. The number of aromatic nitrogens is 1. The Bertz CT molecular complexity index is 407. The molecule has 0 saturated carbocycles. The van der Waals surface area contributed by atoms with Gasteiger partial charge in [-0.1, -0.05) is 13.8 Å². The zero-order valence-corrected chi connectivity index (χ0v) is 11.0. The van der Waals surface area contributed by atoms with Gasteiger partial charge in [-0.25, -0.2) is 18.6 Å². The summed E-state index contributed by atoms with van der Waals surface area (Å²) in [6.45, 7) is 3.24. The minimum atomic E-state index is -2.48. The third kappa shape index (κ3) is 4.30. The Morgan fingerprint density at radius 3 is 2.61 bits per heavy atom. The summed E-state index contributed by atoms with van der Waals surface area (Å²) in [6.07, 6.45) is -2.13. The van der Waals surface area contributed by atoms with E-state index in [9.17, 15) is 13.6 Å². The molecule has 1 heterocycles. The van der Waals surface area contributed by atoms with E-state index in [1.165, 1.54) is 0 Å². The highest BCUT2D eigenvalue weighted by Crippen LogP contribution is 2.25. The number of nitrogens with zero attached hydrogens (tertiary/aromatic N) is 1. The summed E-state index contributed by atoms with van der Waals surface area (Å²) in [6, 6.07) is 0. The number of aromatic carboxylic acids is 1. The third-order valence-electron chi connectivity index (χ3n) is 2.14. The van der Waals surface area contributed by atoms with E-state index in [1.807, 2.05) is 13.8 Å². The van der Waals surface area contributed by atoms with Gasteiger partial charge in [-0.2, -0.15) is 0 Å². The van der Waals surface area contributed by atoms with Crippen LogP contribution in [0.4, 0.5) is 8.78 Å². The first-order valence-corrected chi connectivity index (χ1v) is 6.32. The number of ether oxygens (including phenoxy) is 1. The molecule has 0 bridgehead atoms. The molecule has 0 saturated heterocycles. The van der Waals surface area contributed by atoms with E-state index in [-0.39, 0.29) is 17.4 Å². The van der Waals surface area contributed by atoms with E-state index in [4.69, 9.17) is 9.84 Å². The molecule has 0 spiro atoms. The monoisotopic (exact) mass is 279 g/mol. The molecule has 0 atom stereocenters. The molecule has 0 aliphatic heterocycles. The van der Waals surface area contributed by atoms with Crippen molar-refractivity contribution in [2.45, 2.75) is 32.6 Å². The Morgan fingerprint density at radius 1 is 1.50 bits per heavy atom. The van der Waals surface area contributed by atoms with Crippen LogP contribution in [0.5, 0.6) is 0 Å². The van der Waals surface area contributed by atoms with E-state index in [0.717, 1.165) is 11.3 Å². The van der Waals surface area contributed by atoms with Crippen LogP contribution in [0.15, 0.2) is 0 Å². The summed E-state index contributed by atoms with van der Waals surface area (Å²) in [5.41, 5.74) is 0.538. The van der Waals surface area contributed by atoms with Crippen molar-refractivity contribution in [1.29, 1.82) is 0 Å². The van der Waals surface area contributed by atoms with Crippen molar-refractivity contribution in [2.24, 2.45) is 0 Å². The van der Waals surface area contributed by atoms with Crippen LogP contribution in [0.2, 0.25) is 0 Å². The summed E-state index contributed by atoms with van der Waals surface area (Å²) >= 11 is 1.08. The lowest BCUT2D eigenvalue weighted by Gasteiger charge is -2.01. The fourth-order valence-corrected chi connectivity index (χ4v) is 2.40. The lowest BCUT2D eigenvalue weighted by molar-refractivity contribution is 0.0187. The van der Waals surface area contributed by atoms with E-state index in [2.05, 4.69) is 4.98 Å². The maximum atomic E-state index is 11.8. The number of carbonyl (C=O) groups is 1. The molecule has 0 aromatic carbocycles. The van der Waals surface area contributed by atoms with Crippen LogP contribution in [0.1, 0.15) is 40.1 Å². The second-order valence-corrected chi connectivity index (χ2v) is 5.08. The molecule has 0 aliphatic carbocycles. The van der Waals surface area contributed by atoms with Gasteiger partial charge in [-0.05, 0) is 5.92 Å². The molecular weight excluding hydrogens is 264 g/mol. The van der Waals surface area contributed by atoms with Crippen LogP contribution in [0.3, 0.4) is 0 Å². The van der Waals surface area contributed by atoms with Crippen molar-refractivity contribution in [3.8, 4) is 0 Å². The number of alkyl halides is 2. The van der Waals surface area contributed by atoms with Gasteiger partial charge in [-0.15, -0.1) is 11.3 Å². The summed E-state index contributed by atoms with van der Waals surface area (Å²) in [5.74, 6) is -0.987. The molecule has 0 unspecified atom stereocenters. The van der Waals surface area contributed by atoms with Crippen LogP contribution in [-0.2, 0) is 11.2 Å². The second kappa shape index (κ2) is 6.75. The Morgan fingerprint density at radius 2 is 2.17 bits per heavy atom. The molecule has 102 valence electrons. The number of hydrogen-bond donors (Lipinski definition) is 1. The second-order valence-electron chi connectivity index (χ2n) is 4.00. The Balaban J connectivity index is 2.62. The number of rotatable bonds is 7. The Kier molecular flexibility index (Phi) is 5.61. The number of halogens is 2. The quantitative estimate of drug-likeness (QED) is 0.780. The highest BCUT2D eigenvalue weighted by Gasteiger charge is 2.19. The lowest BCUT2D eigenvalue weighted by atomic mass is 10.1. The van der Waals surface area contributed by atoms with Gasteiger partial charge in [0.1, 0.15) is 11.5 Å². The molecule has 18 heavy (non-hydrogen) atoms. The van der Waals surface area contributed by atoms with Crippen molar-refractivity contribution >= 4 is 17.3 Å². The smallest absolute Gasteiger partial charge is 0.347 e. The zero-order chi connectivity index (χ0) is 13.7. The highest BCUT2D eigenvalue weighted by molar-refractivity contribution is 7.13. The molecule has 1 rings (SSSR count). The average molecular weight is 279 g/mol. The zero-order valence-electron chi connectivity index (χ0n) is 10.2. The van der Waals surface area contributed by atoms with Gasteiger partial charge in [0.15, 0.2) is 0 Å². The van der Waals surface area contributed by atoms with Crippen molar-refractivity contribution in [2.75, 3.05) is 13.2 Å². The first-order chi connectivity index (χ1) is 8.41. The van der Waals surface area contributed by atoms with Crippen molar-refractivity contribution in [3.63, 3.8) is 0 Å². The predicted molar refractivity (Wildman–Crippen MR) is 63.7 cm³/mol. The normalized spacial score (nSPS) is 11.4. The summed E-state index contributed by atoms with van der Waals surface area (Å²) in [4.78, 5) is 15.4. The molecule has 7 heteroatoms. The third-order valence-corrected chi connectivity index (χ3v) is 3.26. The first-order valence-electron chi connectivity index (χ1n) is 5.50. The number of hydrogen-bond acceptors (Lipinski definition) is 4. The molecule has 4 nitrogen and oxygen atoms in total. The van der Waals surface area contributed by atoms with Crippen molar-refractivity contribution < 1.29 is 23.4 Å². The maximum absolute atomic E-state index is 11.8. The summed E-state index contributed by atoms with van der Waals surface area (Å²) < 4.78 is 28.4. The molecule has 1 aromatic heterocycles. The molecule has 0 amide bonds. The molecule has 1 aromatic rings. The molecular formula is C11H15F2NO3S. The van der Waals surface area contributed by atoms with Crippen molar-refractivity contribution in [1.82, 2.24) is 4.98 Å². The summed E-state index contributed by atoms with van der Waals surface area (Å²) in [7, 11) is 0. The number of carboxylic acid groups (broad SMARTS) is 1. The maximum Gasteiger partial charge on any atom is 0.347 e. The van der Waals surface area contributed by atoms with Gasteiger partial charge in [-0.3, -0.25) is 0 Å². The predicted octanol–water partition coefficient (Wildman–Crippen LogP) is 2.79. The van der Waals surface area contributed by atoms with Gasteiger partial charge in [0.25, 0.3) is 6.43 Å². The SMILES string of the molecule is CC(C)c1nc(CCOCC(F)F)sc1C(=O)O. The van der Waals surface area contributed by atoms with Gasteiger partial charge in [0, 0.05) is 6.42 Å². The van der Waals surface area contributed by atoms with Crippen LogP contribution in [0.25, 0.3) is 0 Å². The van der Waals surface area contributed by atoms with Gasteiger partial charge in [0.2, 0.25) is 0 Å². The minimum Gasteiger partial charge on any atom is -0.477 e. The number of thiazole rings is 1. The van der Waals surface area contributed by atoms with E-state index in [0.29, 0.717) is 17.1 Å². The van der Waals surface area contributed by atoms with E-state index < -0.39 is 19.0 Å². The molecule has 0 radical (unpaired) electrons. The van der Waals surface area contributed by atoms with Crippen LogP contribution >= 0.6 is 11.3 Å². The lowest BCUT2D eigenvalue weighted by Crippen LogP contribution is -2.07. The van der Waals surface area contributed by atoms with Gasteiger partial charge in [0.05, 0.1) is 17.3 Å². The summed E-state index contributed by atoms with van der Waals surface area (Å²) in [5, 5.41) is 9.61. The topological polar surface area (TPSA) is 59.4 Å². The molecule has 0 fully saturated rings. The standard InChI is InChI=1S/C11H15F2NO3S/c1-6(2)9-10(11(15)16)18-8(14-9)3-4-17-5-7(12)13/h6-7H,3-5H2,1-2H3,(H,15,16). The van der Waals surface area contributed by atoms with Crippen LogP contribution < -0.4 is 0 Å². The first kappa shape index (κ1) is 15.0. The van der Waals surface area contributed by atoms with Gasteiger partial charge >= 0.3 is 5.97 Å². The van der Waals surface area contributed by atoms with E-state index >= 15 is 0 Å². The van der Waals surface area contributed by atoms with E-state index in [1.54, 1.807) is 0 Å². The Labute approximate surface area is 108 Å². The fourth-order valence-electron chi connectivity index (χ4n) is 1.36. The van der Waals surface area contributed by atoms with Gasteiger partial charge < -0.3 is 9.84 Å². The molecule has 1 N–H and O–H groups in total. The molecule has 0 aliphatic rings. The highest BCUT2D eigenvalue weighted by atomic mass is 32.1. The van der Waals surface area contributed by atoms with Crippen molar-refractivity contribution in [3.05, 3.63) is 15.6 Å². The number of carboxylic acids is 1. The van der Waals surface area contributed by atoms with Crippen LogP contribution in [0, 0.1) is 0 Å². The fraction of sp³-hybridized carbons (Fsp3) is 0.636. The minimum absolute atomic E-state index is 0.0167. The average Bonchev–Trinajstić information content (AvgIpc) is 2.68.